The fourth-order valence-corrected chi connectivity index (χ4v) is 2.60. The van der Waals surface area contributed by atoms with Gasteiger partial charge >= 0.3 is 5.97 Å². The monoisotopic (exact) mass is 253 g/mol. The van der Waals surface area contributed by atoms with Crippen LogP contribution in [0.3, 0.4) is 0 Å². The number of hydrogen-bond donors (Lipinski definition) is 2. The van der Waals surface area contributed by atoms with Gasteiger partial charge in [-0.15, -0.1) is 0 Å². The molecule has 0 bridgehead atoms. The predicted molar refractivity (Wildman–Crippen MR) is 67.2 cm³/mol. The van der Waals surface area contributed by atoms with E-state index in [4.69, 9.17) is 16.7 Å². The molecule has 2 N–H and O–H groups in total. The van der Waals surface area contributed by atoms with Gasteiger partial charge in [0.2, 0.25) is 0 Å². The summed E-state index contributed by atoms with van der Waals surface area (Å²) in [4.78, 5) is 10.7. The quantitative estimate of drug-likeness (QED) is 0.871. The molecule has 2 rings (SSSR count). The minimum atomic E-state index is -0.707. The molecule has 1 fully saturated rings. The number of nitrogens with one attached hydrogen (secondary N) is 1. The number of halogens is 1. The number of carboxylic acids is 1. The number of benzene rings is 1. The zero-order valence-electron chi connectivity index (χ0n) is 9.53. The second kappa shape index (κ2) is 5.52. The van der Waals surface area contributed by atoms with Crippen molar-refractivity contribution in [3.63, 3.8) is 0 Å². The number of carboxylic acid groups (broad SMARTS) is 1. The summed E-state index contributed by atoms with van der Waals surface area (Å²) in [5.41, 5.74) is 1.15. The van der Waals surface area contributed by atoms with E-state index in [-0.39, 0.29) is 18.4 Å². The average Bonchev–Trinajstić information content (AvgIpc) is 2.28. The van der Waals surface area contributed by atoms with Crippen LogP contribution in [0.5, 0.6) is 0 Å². The lowest BCUT2D eigenvalue weighted by atomic mass is 9.87. The number of rotatable bonds is 3. The number of piperidine rings is 1. The number of aliphatic carboxylic acids is 1. The second-order valence-electron chi connectivity index (χ2n) is 4.55. The maximum Gasteiger partial charge on any atom is 0.303 e. The van der Waals surface area contributed by atoms with Crippen LogP contribution in [0.1, 0.15) is 30.9 Å². The van der Waals surface area contributed by atoms with Gasteiger partial charge in [-0.3, -0.25) is 4.79 Å². The molecule has 1 heterocycles. The zero-order valence-corrected chi connectivity index (χ0v) is 10.3. The molecule has 4 heteroatoms. The Balaban J connectivity index is 2.04. The van der Waals surface area contributed by atoms with Crippen LogP contribution in [0, 0.1) is 5.92 Å². The molecule has 0 radical (unpaired) electrons. The highest BCUT2D eigenvalue weighted by Gasteiger charge is 2.24. The van der Waals surface area contributed by atoms with Crippen molar-refractivity contribution in [1.82, 2.24) is 5.32 Å². The molecular formula is C13H16ClNO2. The Morgan fingerprint density at radius 1 is 1.53 bits per heavy atom. The molecule has 1 aliphatic heterocycles. The third-order valence-electron chi connectivity index (χ3n) is 3.23. The van der Waals surface area contributed by atoms with E-state index in [2.05, 4.69) is 5.32 Å². The fraction of sp³-hybridized carbons (Fsp3) is 0.462. The van der Waals surface area contributed by atoms with Crippen LogP contribution < -0.4 is 5.32 Å². The van der Waals surface area contributed by atoms with Crippen molar-refractivity contribution < 1.29 is 9.90 Å². The van der Waals surface area contributed by atoms with Crippen molar-refractivity contribution >= 4 is 17.6 Å². The molecule has 1 saturated heterocycles. The molecule has 0 amide bonds. The number of hydrogen-bond acceptors (Lipinski definition) is 2. The SMILES string of the molecule is O=C(O)CC1CCNC(c2cccc(Cl)c2)C1. The van der Waals surface area contributed by atoms with Gasteiger partial charge < -0.3 is 10.4 Å². The second-order valence-corrected chi connectivity index (χ2v) is 4.99. The maximum atomic E-state index is 10.7. The van der Waals surface area contributed by atoms with Crippen LogP contribution in [0.2, 0.25) is 5.02 Å². The molecule has 2 unspecified atom stereocenters. The lowest BCUT2D eigenvalue weighted by molar-refractivity contribution is -0.138. The van der Waals surface area contributed by atoms with E-state index in [0.717, 1.165) is 30.0 Å². The lowest BCUT2D eigenvalue weighted by Gasteiger charge is -2.30. The zero-order chi connectivity index (χ0) is 12.3. The molecule has 1 aromatic rings. The van der Waals surface area contributed by atoms with Crippen LogP contribution >= 0.6 is 11.6 Å². The molecule has 1 aliphatic rings. The highest BCUT2D eigenvalue weighted by molar-refractivity contribution is 6.30. The smallest absolute Gasteiger partial charge is 0.303 e. The molecular weight excluding hydrogens is 238 g/mol. The van der Waals surface area contributed by atoms with Crippen molar-refractivity contribution in [3.05, 3.63) is 34.9 Å². The first-order chi connectivity index (χ1) is 8.15. The van der Waals surface area contributed by atoms with Gasteiger partial charge in [0.05, 0.1) is 0 Å². The Kier molecular flexibility index (Phi) is 4.02. The van der Waals surface area contributed by atoms with E-state index < -0.39 is 5.97 Å². The van der Waals surface area contributed by atoms with Gasteiger partial charge in [-0.05, 0) is 43.0 Å². The van der Waals surface area contributed by atoms with E-state index >= 15 is 0 Å². The average molecular weight is 254 g/mol. The van der Waals surface area contributed by atoms with Gasteiger partial charge in [0, 0.05) is 17.5 Å². The van der Waals surface area contributed by atoms with E-state index in [0.29, 0.717) is 0 Å². The Hall–Kier alpha value is -1.06. The normalized spacial score (nSPS) is 24.5. The van der Waals surface area contributed by atoms with E-state index in [1.54, 1.807) is 0 Å². The van der Waals surface area contributed by atoms with Gasteiger partial charge in [0.25, 0.3) is 0 Å². The van der Waals surface area contributed by atoms with Gasteiger partial charge in [-0.25, -0.2) is 0 Å². The minimum absolute atomic E-state index is 0.229. The highest BCUT2D eigenvalue weighted by atomic mass is 35.5. The Labute approximate surface area is 106 Å². The molecule has 2 atom stereocenters. The summed E-state index contributed by atoms with van der Waals surface area (Å²) < 4.78 is 0. The summed E-state index contributed by atoms with van der Waals surface area (Å²) in [6, 6.07) is 7.99. The first kappa shape index (κ1) is 12.4. The molecule has 0 spiro atoms. The first-order valence-corrected chi connectivity index (χ1v) is 6.23. The van der Waals surface area contributed by atoms with Crippen molar-refractivity contribution in [1.29, 1.82) is 0 Å². The molecule has 3 nitrogen and oxygen atoms in total. The molecule has 92 valence electrons. The van der Waals surface area contributed by atoms with Crippen molar-refractivity contribution in [2.75, 3.05) is 6.54 Å². The molecule has 0 saturated carbocycles. The third-order valence-corrected chi connectivity index (χ3v) is 3.46. The first-order valence-electron chi connectivity index (χ1n) is 5.86. The van der Waals surface area contributed by atoms with Crippen molar-refractivity contribution in [2.24, 2.45) is 5.92 Å². The van der Waals surface area contributed by atoms with Crippen LogP contribution in [0.25, 0.3) is 0 Å². The third kappa shape index (κ3) is 3.45. The number of carbonyl (C=O) groups is 1. The van der Waals surface area contributed by atoms with Crippen molar-refractivity contribution in [2.45, 2.75) is 25.3 Å². The minimum Gasteiger partial charge on any atom is -0.481 e. The lowest BCUT2D eigenvalue weighted by Crippen LogP contribution is -2.32. The summed E-state index contributed by atoms with van der Waals surface area (Å²) in [6.45, 7) is 0.870. The van der Waals surface area contributed by atoms with Gasteiger partial charge in [-0.2, -0.15) is 0 Å². The summed E-state index contributed by atoms with van der Waals surface area (Å²) in [5.74, 6) is -0.445. The molecule has 17 heavy (non-hydrogen) atoms. The molecule has 1 aromatic carbocycles. The fourth-order valence-electron chi connectivity index (χ4n) is 2.41. The summed E-state index contributed by atoms with van der Waals surface area (Å²) in [5, 5.41) is 13.0. The summed E-state index contributed by atoms with van der Waals surface area (Å²) >= 11 is 5.96. The van der Waals surface area contributed by atoms with Crippen LogP contribution in [-0.2, 0) is 4.79 Å². The van der Waals surface area contributed by atoms with Crippen LogP contribution in [0.15, 0.2) is 24.3 Å². The van der Waals surface area contributed by atoms with Crippen LogP contribution in [-0.4, -0.2) is 17.6 Å². The van der Waals surface area contributed by atoms with E-state index in [1.165, 1.54) is 0 Å². The maximum absolute atomic E-state index is 10.7. The van der Waals surface area contributed by atoms with E-state index in [9.17, 15) is 4.79 Å². The van der Waals surface area contributed by atoms with Gasteiger partial charge in [0.1, 0.15) is 0 Å². The topological polar surface area (TPSA) is 49.3 Å². The molecule has 0 aliphatic carbocycles. The van der Waals surface area contributed by atoms with E-state index in [1.807, 2.05) is 24.3 Å². The van der Waals surface area contributed by atoms with Crippen LogP contribution in [0.4, 0.5) is 0 Å². The van der Waals surface area contributed by atoms with Crippen molar-refractivity contribution in [3.8, 4) is 0 Å². The largest absolute Gasteiger partial charge is 0.481 e. The Bertz CT molecular complexity index is 408. The molecule has 0 aromatic heterocycles. The Morgan fingerprint density at radius 2 is 2.35 bits per heavy atom. The predicted octanol–water partition coefficient (Wildman–Crippen LogP) is 2.86. The summed E-state index contributed by atoms with van der Waals surface area (Å²) in [7, 11) is 0. The van der Waals surface area contributed by atoms with Gasteiger partial charge in [-0.1, -0.05) is 23.7 Å². The Morgan fingerprint density at radius 3 is 3.06 bits per heavy atom. The standard InChI is InChI=1S/C13H16ClNO2/c14-11-3-1-2-10(8-11)12-6-9(4-5-15-12)7-13(16)17/h1-3,8-9,12,15H,4-7H2,(H,16,17). The summed E-state index contributed by atoms with van der Waals surface area (Å²) in [6.07, 6.45) is 2.06. The van der Waals surface area contributed by atoms with Gasteiger partial charge in [0.15, 0.2) is 0 Å². The highest BCUT2D eigenvalue weighted by Crippen LogP contribution is 2.30.